The Morgan fingerprint density at radius 2 is 1.76 bits per heavy atom. The Morgan fingerprint density at radius 3 is 2.42 bits per heavy atom. The molecule has 0 unspecified atom stereocenters. The number of benzene rings is 1. The minimum atomic E-state index is -4.53. The highest BCUT2D eigenvalue weighted by atomic mass is 19.4. The fourth-order valence-corrected chi connectivity index (χ4v) is 4.36. The van der Waals surface area contributed by atoms with Crippen molar-refractivity contribution in [1.29, 1.82) is 0 Å². The third-order valence-corrected chi connectivity index (χ3v) is 6.38. The van der Waals surface area contributed by atoms with Crippen LogP contribution in [0.2, 0.25) is 0 Å². The van der Waals surface area contributed by atoms with Crippen LogP contribution in [0.25, 0.3) is 0 Å². The van der Waals surface area contributed by atoms with E-state index >= 15 is 0 Å². The highest BCUT2D eigenvalue weighted by molar-refractivity contribution is 5.95. The number of alkyl halides is 3. The number of piperidine rings is 1. The molecule has 200 valence electrons. The summed E-state index contributed by atoms with van der Waals surface area (Å²) in [6.45, 7) is 2.05. The number of hydrogen-bond acceptors (Lipinski definition) is 5. The van der Waals surface area contributed by atoms with Gasteiger partial charge in [0.15, 0.2) is 0 Å². The van der Waals surface area contributed by atoms with E-state index in [0.29, 0.717) is 37.4 Å². The van der Waals surface area contributed by atoms with Gasteiger partial charge in [0.2, 0.25) is 5.91 Å². The second kappa shape index (κ2) is 11.2. The van der Waals surface area contributed by atoms with Gasteiger partial charge in [-0.05, 0) is 44.0 Å². The molecule has 7 nitrogen and oxygen atoms in total. The van der Waals surface area contributed by atoms with Crippen molar-refractivity contribution in [2.45, 2.75) is 44.8 Å². The molecule has 0 bridgehead atoms. The molecule has 0 spiro atoms. The number of aryl methyl sites for hydroxylation is 1. The van der Waals surface area contributed by atoms with Gasteiger partial charge in [-0.25, -0.2) is 18.7 Å². The summed E-state index contributed by atoms with van der Waals surface area (Å²) in [6.07, 6.45) is -1.62. The maximum absolute atomic E-state index is 13.9. The topological polar surface area (TPSA) is 88.1 Å². The SMILES string of the molecule is Cc1ncc(C(=O)NCc2cc(C(F)(F)F)ccn2)c(C2CCN(C(=O)Cc3c(F)cccc3F)CC2)n1. The number of nitrogens with zero attached hydrogens (tertiary/aromatic N) is 4. The lowest BCUT2D eigenvalue weighted by Crippen LogP contribution is -2.39. The van der Waals surface area contributed by atoms with Crippen molar-refractivity contribution in [2.75, 3.05) is 13.1 Å². The van der Waals surface area contributed by atoms with E-state index < -0.39 is 41.6 Å². The van der Waals surface area contributed by atoms with E-state index in [2.05, 4.69) is 20.3 Å². The van der Waals surface area contributed by atoms with E-state index in [1.807, 2.05) is 0 Å². The summed E-state index contributed by atoms with van der Waals surface area (Å²) in [5.74, 6) is -2.28. The van der Waals surface area contributed by atoms with E-state index in [9.17, 15) is 31.5 Å². The van der Waals surface area contributed by atoms with Crippen molar-refractivity contribution in [3.05, 3.63) is 88.3 Å². The Kier molecular flexibility index (Phi) is 7.98. The number of hydrogen-bond donors (Lipinski definition) is 1. The van der Waals surface area contributed by atoms with Crippen molar-refractivity contribution in [2.24, 2.45) is 0 Å². The molecule has 1 saturated heterocycles. The molecule has 12 heteroatoms. The Hall–Kier alpha value is -3.96. The molecule has 2 aromatic heterocycles. The maximum Gasteiger partial charge on any atom is 0.416 e. The number of nitrogens with one attached hydrogen (secondary N) is 1. The minimum absolute atomic E-state index is 0.0425. The van der Waals surface area contributed by atoms with Crippen molar-refractivity contribution >= 4 is 11.8 Å². The highest BCUT2D eigenvalue weighted by Gasteiger charge is 2.31. The molecule has 1 aliphatic heterocycles. The zero-order valence-electron chi connectivity index (χ0n) is 20.4. The van der Waals surface area contributed by atoms with Crippen LogP contribution in [-0.4, -0.2) is 44.8 Å². The molecule has 2 amide bonds. The van der Waals surface area contributed by atoms with Gasteiger partial charge in [0.05, 0.1) is 35.5 Å². The van der Waals surface area contributed by atoms with Crippen LogP contribution in [-0.2, 0) is 23.9 Å². The van der Waals surface area contributed by atoms with Crippen LogP contribution < -0.4 is 5.32 Å². The summed E-state index contributed by atoms with van der Waals surface area (Å²) in [6, 6.07) is 5.15. The molecule has 3 heterocycles. The number of carbonyl (C=O) groups is 2. The van der Waals surface area contributed by atoms with E-state index in [1.165, 1.54) is 17.2 Å². The van der Waals surface area contributed by atoms with Gasteiger partial charge in [0.1, 0.15) is 17.5 Å². The van der Waals surface area contributed by atoms with Gasteiger partial charge in [-0.2, -0.15) is 13.2 Å². The molecule has 1 fully saturated rings. The van der Waals surface area contributed by atoms with E-state index in [0.717, 1.165) is 30.5 Å². The average molecular weight is 534 g/mol. The maximum atomic E-state index is 13.9. The Balaban J connectivity index is 1.41. The van der Waals surface area contributed by atoms with Gasteiger partial charge in [0, 0.05) is 37.0 Å². The zero-order valence-corrected chi connectivity index (χ0v) is 20.4. The minimum Gasteiger partial charge on any atom is -0.346 e. The fraction of sp³-hybridized carbons (Fsp3) is 0.346. The molecule has 1 aromatic carbocycles. The molecular formula is C26H24F5N5O2. The number of pyridine rings is 1. The second-order valence-corrected chi connectivity index (χ2v) is 8.96. The molecule has 0 saturated carbocycles. The quantitative estimate of drug-likeness (QED) is 0.476. The van der Waals surface area contributed by atoms with Gasteiger partial charge in [-0.1, -0.05) is 6.07 Å². The normalized spacial score (nSPS) is 14.4. The lowest BCUT2D eigenvalue weighted by molar-refractivity contribution is -0.137. The lowest BCUT2D eigenvalue weighted by Gasteiger charge is -2.32. The molecular weight excluding hydrogens is 509 g/mol. The first-order chi connectivity index (χ1) is 18.0. The predicted molar refractivity (Wildman–Crippen MR) is 126 cm³/mol. The first-order valence-electron chi connectivity index (χ1n) is 11.9. The average Bonchev–Trinajstić information content (AvgIpc) is 2.89. The first-order valence-corrected chi connectivity index (χ1v) is 11.9. The van der Waals surface area contributed by atoms with Crippen molar-refractivity contribution < 1.29 is 31.5 Å². The Bertz CT molecular complexity index is 1320. The smallest absolute Gasteiger partial charge is 0.346 e. The number of aromatic nitrogens is 3. The zero-order chi connectivity index (χ0) is 27.4. The van der Waals surface area contributed by atoms with Crippen LogP contribution in [0.4, 0.5) is 22.0 Å². The van der Waals surface area contributed by atoms with Crippen LogP contribution in [0.1, 0.15) is 57.5 Å². The number of rotatable bonds is 6. The second-order valence-electron chi connectivity index (χ2n) is 8.96. The molecule has 0 atom stereocenters. The van der Waals surface area contributed by atoms with Crippen LogP contribution in [0.5, 0.6) is 0 Å². The molecule has 38 heavy (non-hydrogen) atoms. The van der Waals surface area contributed by atoms with E-state index in [-0.39, 0.29) is 29.3 Å². The Morgan fingerprint density at radius 1 is 1.08 bits per heavy atom. The molecule has 0 radical (unpaired) electrons. The van der Waals surface area contributed by atoms with Crippen LogP contribution in [0.3, 0.4) is 0 Å². The van der Waals surface area contributed by atoms with Gasteiger partial charge in [-0.3, -0.25) is 14.6 Å². The van der Waals surface area contributed by atoms with Crippen LogP contribution in [0, 0.1) is 18.6 Å². The number of halogens is 5. The standard InChI is InChI=1S/C26H24F5N5O2/c1-15-33-14-20(25(38)34-13-18-11-17(5-8-32-18)26(29,30)31)24(35-15)16-6-9-36(10-7-16)23(37)12-19-21(27)3-2-4-22(19)28/h2-5,8,11,14,16H,6-7,9-10,12-13H2,1H3,(H,34,38). The number of amides is 2. The summed E-state index contributed by atoms with van der Waals surface area (Å²) < 4.78 is 66.8. The molecule has 4 rings (SSSR count). The molecule has 3 aromatic rings. The summed E-state index contributed by atoms with van der Waals surface area (Å²) in [7, 11) is 0. The van der Waals surface area contributed by atoms with Gasteiger partial charge >= 0.3 is 6.18 Å². The van der Waals surface area contributed by atoms with Crippen LogP contribution in [0.15, 0.2) is 42.7 Å². The van der Waals surface area contributed by atoms with Crippen molar-refractivity contribution in [1.82, 2.24) is 25.2 Å². The van der Waals surface area contributed by atoms with Crippen LogP contribution >= 0.6 is 0 Å². The third kappa shape index (κ3) is 6.29. The molecule has 1 N–H and O–H groups in total. The number of likely N-dealkylation sites (tertiary alicyclic amines) is 1. The Labute approximate surface area is 215 Å². The summed E-state index contributed by atoms with van der Waals surface area (Å²) in [4.78, 5) is 39.6. The van der Waals surface area contributed by atoms with Gasteiger partial charge in [-0.15, -0.1) is 0 Å². The first kappa shape index (κ1) is 27.1. The van der Waals surface area contributed by atoms with Gasteiger partial charge in [0.25, 0.3) is 5.91 Å². The summed E-state index contributed by atoms with van der Waals surface area (Å²) in [5, 5.41) is 2.57. The van der Waals surface area contributed by atoms with Crippen molar-refractivity contribution in [3.63, 3.8) is 0 Å². The van der Waals surface area contributed by atoms with Gasteiger partial charge < -0.3 is 10.2 Å². The summed E-state index contributed by atoms with van der Waals surface area (Å²) >= 11 is 0. The summed E-state index contributed by atoms with van der Waals surface area (Å²) in [5.41, 5.74) is -0.448. The predicted octanol–water partition coefficient (Wildman–Crippen LogP) is 4.36. The van der Waals surface area contributed by atoms with E-state index in [4.69, 9.17) is 0 Å². The van der Waals surface area contributed by atoms with Crippen molar-refractivity contribution in [3.8, 4) is 0 Å². The largest absolute Gasteiger partial charge is 0.416 e. The third-order valence-electron chi connectivity index (χ3n) is 6.38. The monoisotopic (exact) mass is 533 g/mol. The number of carbonyl (C=O) groups excluding carboxylic acids is 2. The fourth-order valence-electron chi connectivity index (χ4n) is 4.36. The molecule has 0 aliphatic carbocycles. The lowest BCUT2D eigenvalue weighted by atomic mass is 9.90. The van der Waals surface area contributed by atoms with E-state index in [1.54, 1.807) is 6.92 Å². The highest BCUT2D eigenvalue weighted by Crippen LogP contribution is 2.30. The molecule has 1 aliphatic rings.